The van der Waals surface area contributed by atoms with Gasteiger partial charge in [0, 0.05) is 38.9 Å². The average molecular weight is 267 g/mol. The summed E-state index contributed by atoms with van der Waals surface area (Å²) < 4.78 is 7.20. The van der Waals surface area contributed by atoms with E-state index in [1.54, 1.807) is 4.68 Å². The van der Waals surface area contributed by atoms with E-state index in [9.17, 15) is 0 Å². The van der Waals surface area contributed by atoms with Gasteiger partial charge < -0.3 is 15.1 Å². The minimum Gasteiger partial charge on any atom is -0.381 e. The number of rotatable bonds is 5. The SMILES string of the molecule is Cc1nn(C)c(NN)c1CN(C)CC1CCOCC1. The topological polar surface area (TPSA) is 68.3 Å². The molecule has 0 unspecified atom stereocenters. The van der Waals surface area contributed by atoms with Crippen LogP contribution in [0.2, 0.25) is 0 Å². The Bertz CT molecular complexity index is 411. The first-order valence-electron chi connectivity index (χ1n) is 6.87. The number of nitrogens with two attached hydrogens (primary N) is 1. The van der Waals surface area contributed by atoms with Crippen LogP contribution in [0.3, 0.4) is 0 Å². The van der Waals surface area contributed by atoms with E-state index >= 15 is 0 Å². The van der Waals surface area contributed by atoms with Crippen LogP contribution in [0.25, 0.3) is 0 Å². The zero-order valence-corrected chi connectivity index (χ0v) is 12.1. The van der Waals surface area contributed by atoms with Gasteiger partial charge in [-0.25, -0.2) is 5.84 Å². The first-order valence-corrected chi connectivity index (χ1v) is 6.87. The Balaban J connectivity index is 1.96. The summed E-state index contributed by atoms with van der Waals surface area (Å²) >= 11 is 0. The summed E-state index contributed by atoms with van der Waals surface area (Å²) in [7, 11) is 4.06. The zero-order valence-electron chi connectivity index (χ0n) is 12.1. The van der Waals surface area contributed by atoms with E-state index in [2.05, 4.69) is 22.5 Å². The lowest BCUT2D eigenvalue weighted by atomic mass is 10.00. The maximum Gasteiger partial charge on any atom is 0.142 e. The van der Waals surface area contributed by atoms with E-state index in [0.717, 1.165) is 43.7 Å². The normalized spacial score (nSPS) is 17.1. The van der Waals surface area contributed by atoms with Crippen molar-refractivity contribution in [2.45, 2.75) is 26.3 Å². The molecule has 0 bridgehead atoms. The van der Waals surface area contributed by atoms with Crippen molar-refractivity contribution in [1.82, 2.24) is 14.7 Å². The van der Waals surface area contributed by atoms with Crippen LogP contribution < -0.4 is 11.3 Å². The van der Waals surface area contributed by atoms with Crippen LogP contribution in [-0.2, 0) is 18.3 Å². The highest BCUT2D eigenvalue weighted by Gasteiger charge is 2.18. The number of aromatic nitrogens is 2. The number of hydrogen-bond donors (Lipinski definition) is 2. The van der Waals surface area contributed by atoms with Crippen molar-refractivity contribution in [2.75, 3.05) is 32.2 Å². The van der Waals surface area contributed by atoms with Crippen molar-refractivity contribution in [1.29, 1.82) is 0 Å². The van der Waals surface area contributed by atoms with Gasteiger partial charge in [-0.05, 0) is 32.7 Å². The monoisotopic (exact) mass is 267 g/mol. The van der Waals surface area contributed by atoms with Gasteiger partial charge >= 0.3 is 0 Å². The molecular weight excluding hydrogens is 242 g/mol. The highest BCUT2D eigenvalue weighted by molar-refractivity contribution is 5.46. The van der Waals surface area contributed by atoms with Gasteiger partial charge in [-0.1, -0.05) is 0 Å². The summed E-state index contributed by atoms with van der Waals surface area (Å²) in [6.45, 7) is 5.80. The van der Waals surface area contributed by atoms with Gasteiger partial charge in [-0.3, -0.25) is 4.68 Å². The molecule has 0 amide bonds. The maximum absolute atomic E-state index is 5.58. The number of nitrogen functional groups attached to an aromatic ring is 1. The second-order valence-corrected chi connectivity index (χ2v) is 5.43. The van der Waals surface area contributed by atoms with Crippen LogP contribution in [0.5, 0.6) is 0 Å². The highest BCUT2D eigenvalue weighted by Crippen LogP contribution is 2.21. The molecule has 6 heteroatoms. The van der Waals surface area contributed by atoms with Crippen molar-refractivity contribution in [3.05, 3.63) is 11.3 Å². The van der Waals surface area contributed by atoms with Crippen LogP contribution in [0.1, 0.15) is 24.1 Å². The first kappa shape index (κ1) is 14.3. The molecule has 0 aliphatic carbocycles. The Labute approximate surface area is 114 Å². The predicted molar refractivity (Wildman–Crippen MR) is 75.6 cm³/mol. The molecule has 1 aromatic rings. The zero-order chi connectivity index (χ0) is 13.8. The molecule has 6 nitrogen and oxygen atoms in total. The van der Waals surface area contributed by atoms with Gasteiger partial charge in [0.15, 0.2) is 0 Å². The second kappa shape index (κ2) is 6.36. The minimum absolute atomic E-state index is 0.741. The van der Waals surface area contributed by atoms with Gasteiger partial charge in [-0.15, -0.1) is 0 Å². The predicted octanol–water partition coefficient (Wildman–Crippen LogP) is 0.873. The van der Waals surface area contributed by atoms with Crippen molar-refractivity contribution in [3.63, 3.8) is 0 Å². The summed E-state index contributed by atoms with van der Waals surface area (Å²) in [5, 5.41) is 4.41. The molecule has 2 heterocycles. The van der Waals surface area contributed by atoms with Crippen LogP contribution in [0, 0.1) is 12.8 Å². The molecule has 0 aromatic carbocycles. The van der Waals surface area contributed by atoms with Gasteiger partial charge in [0.2, 0.25) is 0 Å². The number of nitrogens with zero attached hydrogens (tertiary/aromatic N) is 3. The third kappa shape index (κ3) is 3.46. The molecule has 0 saturated carbocycles. The lowest BCUT2D eigenvalue weighted by molar-refractivity contribution is 0.0549. The van der Waals surface area contributed by atoms with Crippen LogP contribution in [-0.4, -0.2) is 41.5 Å². The summed E-state index contributed by atoms with van der Waals surface area (Å²) in [4.78, 5) is 2.35. The number of ether oxygens (including phenoxy) is 1. The number of anilines is 1. The summed E-state index contributed by atoms with van der Waals surface area (Å²) in [5.41, 5.74) is 4.96. The highest BCUT2D eigenvalue weighted by atomic mass is 16.5. The molecule has 0 spiro atoms. The molecule has 108 valence electrons. The Morgan fingerprint density at radius 1 is 1.47 bits per heavy atom. The summed E-state index contributed by atoms with van der Waals surface area (Å²) in [5.74, 6) is 7.22. The molecule has 1 aliphatic rings. The Kier molecular flexibility index (Phi) is 4.79. The average Bonchev–Trinajstić information content (AvgIpc) is 2.65. The first-order chi connectivity index (χ1) is 9.11. The lowest BCUT2D eigenvalue weighted by Gasteiger charge is -2.27. The van der Waals surface area contributed by atoms with Gasteiger partial charge in [0.25, 0.3) is 0 Å². The second-order valence-electron chi connectivity index (χ2n) is 5.43. The number of hydrazine groups is 1. The molecule has 1 fully saturated rings. The summed E-state index contributed by atoms with van der Waals surface area (Å²) in [6.07, 6.45) is 2.33. The van der Waals surface area contributed by atoms with Crippen molar-refractivity contribution in [3.8, 4) is 0 Å². The van der Waals surface area contributed by atoms with Crippen LogP contribution >= 0.6 is 0 Å². The molecule has 19 heavy (non-hydrogen) atoms. The van der Waals surface area contributed by atoms with Crippen molar-refractivity contribution in [2.24, 2.45) is 18.8 Å². The van der Waals surface area contributed by atoms with E-state index in [-0.39, 0.29) is 0 Å². The van der Waals surface area contributed by atoms with E-state index in [1.165, 1.54) is 18.4 Å². The van der Waals surface area contributed by atoms with E-state index in [1.807, 2.05) is 14.0 Å². The molecular formula is C13H25N5O. The number of nitrogens with one attached hydrogen (secondary N) is 1. The third-order valence-corrected chi connectivity index (χ3v) is 3.82. The fourth-order valence-electron chi connectivity index (χ4n) is 2.78. The molecule has 0 atom stereocenters. The Hall–Kier alpha value is -1.11. The molecule has 1 aliphatic heterocycles. The van der Waals surface area contributed by atoms with Crippen molar-refractivity contribution < 1.29 is 4.74 Å². The minimum atomic E-state index is 0.741. The van der Waals surface area contributed by atoms with Crippen LogP contribution in [0.15, 0.2) is 0 Å². The third-order valence-electron chi connectivity index (χ3n) is 3.82. The number of hydrogen-bond acceptors (Lipinski definition) is 5. The smallest absolute Gasteiger partial charge is 0.142 e. The van der Waals surface area contributed by atoms with Gasteiger partial charge in [0.1, 0.15) is 5.82 Å². The fourth-order valence-corrected chi connectivity index (χ4v) is 2.78. The van der Waals surface area contributed by atoms with Gasteiger partial charge in [0.05, 0.1) is 5.69 Å². The molecule has 0 radical (unpaired) electrons. The quantitative estimate of drug-likeness (QED) is 0.612. The van der Waals surface area contributed by atoms with Crippen molar-refractivity contribution >= 4 is 5.82 Å². The standard InChI is InChI=1S/C13H25N5O/c1-10-12(13(15-14)18(3)16-10)9-17(2)8-11-4-6-19-7-5-11/h11,15H,4-9,14H2,1-3H3. The lowest BCUT2D eigenvalue weighted by Crippen LogP contribution is -2.29. The van der Waals surface area contributed by atoms with E-state index in [0.29, 0.717) is 0 Å². The molecule has 2 rings (SSSR count). The molecule has 1 aromatic heterocycles. The maximum atomic E-state index is 5.58. The molecule has 1 saturated heterocycles. The molecule has 3 N–H and O–H groups in total. The van der Waals surface area contributed by atoms with E-state index in [4.69, 9.17) is 10.6 Å². The summed E-state index contributed by atoms with van der Waals surface area (Å²) in [6, 6.07) is 0. The van der Waals surface area contributed by atoms with Crippen LogP contribution in [0.4, 0.5) is 5.82 Å². The number of aryl methyl sites for hydroxylation is 2. The Morgan fingerprint density at radius 2 is 2.16 bits per heavy atom. The largest absolute Gasteiger partial charge is 0.381 e. The van der Waals surface area contributed by atoms with Gasteiger partial charge in [-0.2, -0.15) is 5.10 Å². The Morgan fingerprint density at radius 3 is 2.79 bits per heavy atom. The fraction of sp³-hybridized carbons (Fsp3) is 0.769. The van der Waals surface area contributed by atoms with E-state index < -0.39 is 0 Å².